The van der Waals surface area contributed by atoms with Gasteiger partial charge >= 0.3 is 0 Å². The standard InChI is InChI=1S/C19H29N3O3.ClH/c1-22(2)17(23)16-6-4-5-15(13-16)7-10-21-18(24)19(14-25-3)8-11-20-12-9-19;/h4-6,13,20H,7-12,14H2,1-3H3,(H,21,24);1H. The van der Waals surface area contributed by atoms with Crippen LogP contribution in [0.2, 0.25) is 0 Å². The molecule has 0 aliphatic carbocycles. The first-order valence-electron chi connectivity index (χ1n) is 8.77. The Morgan fingerprint density at radius 1 is 1.27 bits per heavy atom. The van der Waals surface area contributed by atoms with Crippen molar-refractivity contribution in [1.82, 2.24) is 15.5 Å². The zero-order valence-corrected chi connectivity index (χ0v) is 16.7. The first-order valence-corrected chi connectivity index (χ1v) is 8.77. The van der Waals surface area contributed by atoms with Crippen LogP contribution in [0.15, 0.2) is 24.3 Å². The summed E-state index contributed by atoms with van der Waals surface area (Å²) in [5.74, 6) is 0.0519. The lowest BCUT2D eigenvalue weighted by molar-refractivity contribution is -0.136. The van der Waals surface area contributed by atoms with Crippen LogP contribution in [0.4, 0.5) is 0 Å². The van der Waals surface area contributed by atoms with Crippen molar-refractivity contribution >= 4 is 24.2 Å². The molecule has 1 heterocycles. The number of carbonyl (C=O) groups is 2. The van der Waals surface area contributed by atoms with Crippen molar-refractivity contribution < 1.29 is 14.3 Å². The molecule has 2 rings (SSSR count). The highest BCUT2D eigenvalue weighted by atomic mass is 35.5. The van der Waals surface area contributed by atoms with E-state index >= 15 is 0 Å². The highest BCUT2D eigenvalue weighted by Crippen LogP contribution is 2.29. The Morgan fingerprint density at radius 3 is 2.58 bits per heavy atom. The number of hydrogen-bond donors (Lipinski definition) is 2. The number of amides is 2. The molecule has 1 fully saturated rings. The van der Waals surface area contributed by atoms with Gasteiger partial charge in [0.05, 0.1) is 12.0 Å². The summed E-state index contributed by atoms with van der Waals surface area (Å²) in [6, 6.07) is 7.57. The summed E-state index contributed by atoms with van der Waals surface area (Å²) in [5, 5.41) is 6.35. The number of benzene rings is 1. The molecule has 146 valence electrons. The molecule has 2 N–H and O–H groups in total. The van der Waals surface area contributed by atoms with Gasteiger partial charge in [-0.05, 0) is 50.0 Å². The second-order valence-electron chi connectivity index (χ2n) is 6.87. The van der Waals surface area contributed by atoms with Crippen molar-refractivity contribution in [3.05, 3.63) is 35.4 Å². The number of piperidine rings is 1. The molecule has 1 saturated heterocycles. The highest BCUT2D eigenvalue weighted by Gasteiger charge is 2.39. The number of rotatable bonds is 7. The van der Waals surface area contributed by atoms with Crippen molar-refractivity contribution in [3.63, 3.8) is 0 Å². The van der Waals surface area contributed by atoms with Gasteiger partial charge in [-0.15, -0.1) is 12.4 Å². The first-order chi connectivity index (χ1) is 12.0. The van der Waals surface area contributed by atoms with Crippen molar-refractivity contribution in [2.45, 2.75) is 19.3 Å². The molecule has 26 heavy (non-hydrogen) atoms. The third kappa shape index (κ3) is 5.69. The van der Waals surface area contributed by atoms with Crippen LogP contribution in [0.1, 0.15) is 28.8 Å². The second-order valence-corrected chi connectivity index (χ2v) is 6.87. The van der Waals surface area contributed by atoms with Gasteiger partial charge in [0.15, 0.2) is 0 Å². The van der Waals surface area contributed by atoms with Gasteiger partial charge in [-0.25, -0.2) is 0 Å². The van der Waals surface area contributed by atoms with Crippen molar-refractivity contribution in [1.29, 1.82) is 0 Å². The Morgan fingerprint density at radius 2 is 1.96 bits per heavy atom. The topological polar surface area (TPSA) is 70.7 Å². The number of carbonyl (C=O) groups excluding carboxylic acids is 2. The Kier molecular flexibility index (Phi) is 9.05. The Balaban J connectivity index is 0.00000338. The fourth-order valence-electron chi connectivity index (χ4n) is 3.24. The summed E-state index contributed by atoms with van der Waals surface area (Å²) in [6.07, 6.45) is 2.28. The fourth-order valence-corrected chi connectivity index (χ4v) is 3.24. The summed E-state index contributed by atoms with van der Waals surface area (Å²) >= 11 is 0. The van der Waals surface area contributed by atoms with Gasteiger partial charge < -0.3 is 20.3 Å². The molecule has 1 aromatic carbocycles. The van der Waals surface area contributed by atoms with Crippen LogP contribution < -0.4 is 10.6 Å². The zero-order valence-electron chi connectivity index (χ0n) is 15.8. The molecule has 7 heteroatoms. The molecular formula is C19H30ClN3O3. The molecule has 2 amide bonds. The van der Waals surface area contributed by atoms with E-state index in [4.69, 9.17) is 4.74 Å². The normalized spacial score (nSPS) is 15.7. The Hall–Kier alpha value is -1.63. The van der Waals surface area contributed by atoms with Crippen LogP contribution >= 0.6 is 12.4 Å². The minimum absolute atomic E-state index is 0. The number of methoxy groups -OCH3 is 1. The Bertz CT molecular complexity index is 596. The van der Waals surface area contributed by atoms with Crippen LogP contribution in [0.3, 0.4) is 0 Å². The lowest BCUT2D eigenvalue weighted by Gasteiger charge is -2.35. The van der Waals surface area contributed by atoms with E-state index in [0.29, 0.717) is 25.1 Å². The van der Waals surface area contributed by atoms with Gasteiger partial charge in [-0.2, -0.15) is 0 Å². The largest absolute Gasteiger partial charge is 0.384 e. The number of nitrogens with zero attached hydrogens (tertiary/aromatic N) is 1. The maximum Gasteiger partial charge on any atom is 0.253 e. The number of halogens is 1. The molecule has 0 radical (unpaired) electrons. The van der Waals surface area contributed by atoms with Gasteiger partial charge in [-0.3, -0.25) is 9.59 Å². The minimum atomic E-state index is -0.428. The second kappa shape index (κ2) is 10.5. The highest BCUT2D eigenvalue weighted by molar-refractivity contribution is 5.94. The van der Waals surface area contributed by atoms with Crippen LogP contribution in [-0.2, 0) is 16.0 Å². The summed E-state index contributed by atoms with van der Waals surface area (Å²) in [4.78, 5) is 26.3. The summed E-state index contributed by atoms with van der Waals surface area (Å²) < 4.78 is 5.30. The molecule has 0 saturated carbocycles. The van der Waals surface area contributed by atoms with Gasteiger partial charge in [0.1, 0.15) is 0 Å². The molecule has 0 bridgehead atoms. The van der Waals surface area contributed by atoms with Crippen molar-refractivity contribution in [2.24, 2.45) is 5.41 Å². The monoisotopic (exact) mass is 383 g/mol. The molecule has 1 aromatic rings. The number of hydrogen-bond acceptors (Lipinski definition) is 4. The van der Waals surface area contributed by atoms with Gasteiger partial charge in [0.25, 0.3) is 5.91 Å². The van der Waals surface area contributed by atoms with E-state index in [2.05, 4.69) is 10.6 Å². The van der Waals surface area contributed by atoms with Crippen LogP contribution in [0, 0.1) is 5.41 Å². The molecule has 0 atom stereocenters. The minimum Gasteiger partial charge on any atom is -0.384 e. The molecule has 6 nitrogen and oxygen atoms in total. The van der Waals surface area contributed by atoms with E-state index < -0.39 is 5.41 Å². The van der Waals surface area contributed by atoms with E-state index in [9.17, 15) is 9.59 Å². The summed E-state index contributed by atoms with van der Waals surface area (Å²) in [6.45, 7) is 2.68. The molecule has 0 unspecified atom stereocenters. The van der Waals surface area contributed by atoms with Crippen molar-refractivity contribution in [3.8, 4) is 0 Å². The zero-order chi connectivity index (χ0) is 18.3. The third-order valence-corrected chi connectivity index (χ3v) is 4.74. The van der Waals surface area contributed by atoms with Crippen LogP contribution in [-0.4, -0.2) is 64.2 Å². The first kappa shape index (κ1) is 22.4. The third-order valence-electron chi connectivity index (χ3n) is 4.74. The van der Waals surface area contributed by atoms with E-state index in [-0.39, 0.29) is 24.2 Å². The van der Waals surface area contributed by atoms with Gasteiger partial charge in [0, 0.05) is 33.3 Å². The van der Waals surface area contributed by atoms with E-state index in [1.165, 1.54) is 0 Å². The average Bonchev–Trinajstić information content (AvgIpc) is 2.62. The molecule has 0 spiro atoms. The predicted octanol–water partition coefficient (Wildman–Crippen LogP) is 1.49. The van der Waals surface area contributed by atoms with E-state index in [0.717, 1.165) is 31.5 Å². The van der Waals surface area contributed by atoms with E-state index in [1.54, 1.807) is 26.1 Å². The maximum absolute atomic E-state index is 12.7. The molecular weight excluding hydrogens is 354 g/mol. The van der Waals surface area contributed by atoms with Gasteiger partial charge in [-0.1, -0.05) is 12.1 Å². The SMILES string of the molecule is COCC1(C(=O)NCCc2cccc(C(=O)N(C)C)c2)CCNCC1.Cl. The van der Waals surface area contributed by atoms with E-state index in [1.807, 2.05) is 24.3 Å². The van der Waals surface area contributed by atoms with Gasteiger partial charge in [0.2, 0.25) is 5.91 Å². The lowest BCUT2D eigenvalue weighted by Crippen LogP contribution is -2.50. The molecule has 1 aliphatic heterocycles. The number of ether oxygens (including phenoxy) is 1. The maximum atomic E-state index is 12.7. The summed E-state index contributed by atoms with van der Waals surface area (Å²) in [7, 11) is 5.12. The summed E-state index contributed by atoms with van der Waals surface area (Å²) in [5.41, 5.74) is 1.28. The quantitative estimate of drug-likeness (QED) is 0.748. The smallest absolute Gasteiger partial charge is 0.253 e. The molecule has 0 aromatic heterocycles. The average molecular weight is 384 g/mol. The van der Waals surface area contributed by atoms with Crippen LogP contribution in [0.5, 0.6) is 0 Å². The lowest BCUT2D eigenvalue weighted by atomic mass is 9.78. The molecule has 1 aliphatic rings. The fraction of sp³-hybridized carbons (Fsp3) is 0.579. The Labute approximate surface area is 162 Å². The number of nitrogens with one attached hydrogen (secondary N) is 2. The van der Waals surface area contributed by atoms with Crippen molar-refractivity contribution in [2.75, 3.05) is 47.4 Å². The predicted molar refractivity (Wildman–Crippen MR) is 105 cm³/mol. The van der Waals surface area contributed by atoms with Crippen LogP contribution in [0.25, 0.3) is 0 Å².